The topological polar surface area (TPSA) is 93.6 Å². The zero-order valence-electron chi connectivity index (χ0n) is 12.0. The smallest absolute Gasteiger partial charge is 0.270 e. The molecular formula is C16H18N2O4. The number of carbonyl (C=O) groups is 1. The Hall–Kier alpha value is -2.18. The Morgan fingerprint density at radius 1 is 1.36 bits per heavy atom. The fourth-order valence-corrected chi connectivity index (χ4v) is 2.86. The maximum absolute atomic E-state index is 12.5. The molecule has 0 bridgehead atoms. The van der Waals surface area contributed by atoms with Gasteiger partial charge in [-0.15, -0.1) is 0 Å². The summed E-state index contributed by atoms with van der Waals surface area (Å²) in [5, 5.41) is 19.6. The summed E-state index contributed by atoms with van der Waals surface area (Å²) in [6, 6.07) is 8.33. The number of aromatic nitrogens is 1. The van der Waals surface area contributed by atoms with Crippen LogP contribution in [0.15, 0.2) is 35.1 Å². The third-order valence-corrected chi connectivity index (χ3v) is 4.21. The highest BCUT2D eigenvalue weighted by Crippen LogP contribution is 2.19. The van der Waals surface area contributed by atoms with Crippen LogP contribution in [0.5, 0.6) is 0 Å². The number of β-amino-alcohol motifs (C(OH)–C–C–N with tert-alkyl or cyclic N) is 1. The molecule has 0 radical (unpaired) electrons. The number of aromatic amines is 1. The fraction of sp³-hybridized carbons (Fsp3) is 0.375. The minimum absolute atomic E-state index is 0.0873. The van der Waals surface area contributed by atoms with Crippen LogP contribution < -0.4 is 5.43 Å². The minimum atomic E-state index is -0.741. The minimum Gasteiger partial charge on any atom is -0.396 e. The van der Waals surface area contributed by atoms with Gasteiger partial charge in [0.2, 0.25) is 0 Å². The summed E-state index contributed by atoms with van der Waals surface area (Å²) in [4.78, 5) is 29.1. The SMILES string of the molecule is O=C(c1cc(=O)c2ccccc2[nH]1)N1CC[C@H](CO)[C@@H](O)C1. The van der Waals surface area contributed by atoms with E-state index in [1.54, 1.807) is 24.3 Å². The first-order chi connectivity index (χ1) is 10.6. The van der Waals surface area contributed by atoms with E-state index >= 15 is 0 Å². The summed E-state index contributed by atoms with van der Waals surface area (Å²) < 4.78 is 0. The number of rotatable bonds is 2. The third kappa shape index (κ3) is 2.63. The molecule has 1 aromatic carbocycles. The van der Waals surface area contributed by atoms with Crippen molar-refractivity contribution in [3.63, 3.8) is 0 Å². The summed E-state index contributed by atoms with van der Waals surface area (Å²) in [7, 11) is 0. The molecule has 1 aliphatic heterocycles. The van der Waals surface area contributed by atoms with E-state index in [4.69, 9.17) is 5.11 Å². The average Bonchev–Trinajstić information content (AvgIpc) is 2.54. The number of para-hydroxylation sites is 1. The monoisotopic (exact) mass is 302 g/mol. The molecule has 1 saturated heterocycles. The van der Waals surface area contributed by atoms with E-state index in [0.717, 1.165) is 0 Å². The number of aliphatic hydroxyl groups excluding tert-OH is 2. The van der Waals surface area contributed by atoms with Gasteiger partial charge in [0.1, 0.15) is 5.69 Å². The van der Waals surface area contributed by atoms with Crippen LogP contribution in [0.2, 0.25) is 0 Å². The maximum Gasteiger partial charge on any atom is 0.270 e. The van der Waals surface area contributed by atoms with E-state index < -0.39 is 6.10 Å². The number of amides is 1. The van der Waals surface area contributed by atoms with E-state index in [9.17, 15) is 14.7 Å². The number of hydrogen-bond donors (Lipinski definition) is 3. The highest BCUT2D eigenvalue weighted by Gasteiger charge is 2.30. The summed E-state index contributed by atoms with van der Waals surface area (Å²) >= 11 is 0. The van der Waals surface area contributed by atoms with Crippen LogP contribution in [0.25, 0.3) is 10.9 Å². The van der Waals surface area contributed by atoms with Gasteiger partial charge in [0, 0.05) is 42.6 Å². The van der Waals surface area contributed by atoms with E-state index in [2.05, 4.69) is 4.98 Å². The molecule has 6 heteroatoms. The van der Waals surface area contributed by atoms with Gasteiger partial charge < -0.3 is 20.1 Å². The largest absolute Gasteiger partial charge is 0.396 e. The molecule has 3 N–H and O–H groups in total. The van der Waals surface area contributed by atoms with E-state index in [1.807, 2.05) is 0 Å². The summed E-state index contributed by atoms with van der Waals surface area (Å²) in [6.45, 7) is 0.533. The van der Waals surface area contributed by atoms with E-state index in [1.165, 1.54) is 11.0 Å². The first-order valence-electron chi connectivity index (χ1n) is 7.30. The maximum atomic E-state index is 12.5. The first-order valence-corrected chi connectivity index (χ1v) is 7.30. The molecule has 0 saturated carbocycles. The van der Waals surface area contributed by atoms with Crippen LogP contribution in [0.1, 0.15) is 16.9 Å². The van der Waals surface area contributed by atoms with Crippen molar-refractivity contribution in [3.05, 3.63) is 46.2 Å². The number of carbonyl (C=O) groups excluding carboxylic acids is 1. The number of hydrogen-bond acceptors (Lipinski definition) is 4. The zero-order valence-corrected chi connectivity index (χ0v) is 12.0. The Kier molecular flexibility index (Phi) is 3.96. The Morgan fingerprint density at radius 3 is 2.86 bits per heavy atom. The van der Waals surface area contributed by atoms with Crippen LogP contribution >= 0.6 is 0 Å². The zero-order chi connectivity index (χ0) is 15.7. The normalized spacial score (nSPS) is 22.0. The Balaban J connectivity index is 1.88. The van der Waals surface area contributed by atoms with Crippen LogP contribution in [0, 0.1) is 5.92 Å². The lowest BCUT2D eigenvalue weighted by Gasteiger charge is -2.35. The van der Waals surface area contributed by atoms with Gasteiger partial charge in [-0.05, 0) is 18.6 Å². The van der Waals surface area contributed by atoms with Crippen LogP contribution in [0.3, 0.4) is 0 Å². The standard InChI is InChI=1S/C16H18N2O4/c19-9-10-5-6-18(8-15(10)21)16(22)13-7-14(20)11-3-1-2-4-12(11)17-13/h1-4,7,10,15,19,21H,5-6,8-9H2,(H,17,20)/t10-,15+/m1/s1. The van der Waals surface area contributed by atoms with Crippen molar-refractivity contribution in [3.8, 4) is 0 Å². The van der Waals surface area contributed by atoms with Gasteiger partial charge in [-0.1, -0.05) is 12.1 Å². The second-order valence-electron chi connectivity index (χ2n) is 5.64. The van der Waals surface area contributed by atoms with Crippen molar-refractivity contribution in [2.45, 2.75) is 12.5 Å². The van der Waals surface area contributed by atoms with Gasteiger partial charge in [-0.3, -0.25) is 9.59 Å². The second-order valence-corrected chi connectivity index (χ2v) is 5.64. The molecule has 1 amide bonds. The van der Waals surface area contributed by atoms with Crippen LogP contribution in [-0.2, 0) is 0 Å². The number of likely N-dealkylation sites (tertiary alicyclic amines) is 1. The molecule has 0 spiro atoms. The van der Waals surface area contributed by atoms with Gasteiger partial charge in [0.25, 0.3) is 5.91 Å². The lowest BCUT2D eigenvalue weighted by Crippen LogP contribution is -2.47. The molecule has 3 rings (SSSR count). The van der Waals surface area contributed by atoms with Gasteiger partial charge in [-0.2, -0.15) is 0 Å². The lowest BCUT2D eigenvalue weighted by molar-refractivity contribution is 0.000672. The average molecular weight is 302 g/mol. The number of nitrogens with one attached hydrogen (secondary N) is 1. The molecule has 2 heterocycles. The van der Waals surface area contributed by atoms with E-state index in [0.29, 0.717) is 23.9 Å². The summed E-state index contributed by atoms with van der Waals surface area (Å²) in [5.41, 5.74) is 0.631. The molecule has 1 fully saturated rings. The molecule has 0 aliphatic carbocycles. The van der Waals surface area contributed by atoms with Crippen LogP contribution in [-0.4, -0.2) is 51.8 Å². The number of benzene rings is 1. The van der Waals surface area contributed by atoms with Crippen molar-refractivity contribution >= 4 is 16.8 Å². The van der Waals surface area contributed by atoms with Gasteiger partial charge in [0.05, 0.1) is 6.10 Å². The predicted molar refractivity (Wildman–Crippen MR) is 81.7 cm³/mol. The number of H-pyrrole nitrogens is 1. The molecule has 2 aromatic rings. The molecule has 1 aliphatic rings. The highest BCUT2D eigenvalue weighted by molar-refractivity contribution is 5.94. The Labute approximate surface area is 127 Å². The first kappa shape index (κ1) is 14.7. The molecule has 116 valence electrons. The predicted octanol–water partition coefficient (Wildman–Crippen LogP) is 0.343. The number of piperidine rings is 1. The van der Waals surface area contributed by atoms with Gasteiger partial charge in [0.15, 0.2) is 5.43 Å². The quantitative estimate of drug-likeness (QED) is 0.746. The second kappa shape index (κ2) is 5.90. The van der Waals surface area contributed by atoms with Gasteiger partial charge in [-0.25, -0.2) is 0 Å². The Bertz CT molecular complexity index is 755. The van der Waals surface area contributed by atoms with Crippen molar-refractivity contribution in [2.75, 3.05) is 19.7 Å². The van der Waals surface area contributed by atoms with Crippen molar-refractivity contribution in [1.29, 1.82) is 0 Å². The fourth-order valence-electron chi connectivity index (χ4n) is 2.86. The summed E-state index contributed by atoms with van der Waals surface area (Å²) in [5.74, 6) is -0.502. The third-order valence-electron chi connectivity index (χ3n) is 4.21. The number of pyridine rings is 1. The van der Waals surface area contributed by atoms with Gasteiger partial charge >= 0.3 is 0 Å². The Morgan fingerprint density at radius 2 is 2.14 bits per heavy atom. The number of fused-ring (bicyclic) bond motifs is 1. The molecule has 2 atom stereocenters. The summed E-state index contributed by atoms with van der Waals surface area (Å²) in [6.07, 6.45) is -0.198. The molecule has 22 heavy (non-hydrogen) atoms. The molecule has 6 nitrogen and oxygen atoms in total. The number of aliphatic hydroxyl groups is 2. The molecular weight excluding hydrogens is 284 g/mol. The molecule has 1 aromatic heterocycles. The van der Waals surface area contributed by atoms with Crippen LogP contribution in [0.4, 0.5) is 0 Å². The lowest BCUT2D eigenvalue weighted by atomic mass is 9.94. The van der Waals surface area contributed by atoms with Crippen molar-refractivity contribution in [1.82, 2.24) is 9.88 Å². The highest BCUT2D eigenvalue weighted by atomic mass is 16.3. The molecule has 0 unspecified atom stereocenters. The van der Waals surface area contributed by atoms with E-state index in [-0.39, 0.29) is 36.1 Å². The van der Waals surface area contributed by atoms with Crippen molar-refractivity contribution in [2.24, 2.45) is 5.92 Å². The number of nitrogens with zero attached hydrogens (tertiary/aromatic N) is 1. The van der Waals surface area contributed by atoms with Crippen molar-refractivity contribution < 1.29 is 15.0 Å².